The number of hydrogen-bond donors (Lipinski definition) is 3. The molecule has 1 heterocycles. The van der Waals surface area contributed by atoms with E-state index in [-0.39, 0.29) is 12.0 Å². The number of nitrogens with zero attached hydrogens (tertiary/aromatic N) is 1. The molecule has 2 rings (SSSR count). The third-order valence-electron chi connectivity index (χ3n) is 2.85. The Morgan fingerprint density at radius 3 is 3.00 bits per heavy atom. The van der Waals surface area contributed by atoms with Crippen molar-refractivity contribution in [3.8, 4) is 0 Å². The lowest BCUT2D eigenvalue weighted by atomic mass is 9.95. The van der Waals surface area contributed by atoms with Crippen molar-refractivity contribution in [2.24, 2.45) is 5.41 Å². The molecule has 0 aliphatic heterocycles. The van der Waals surface area contributed by atoms with Crippen LogP contribution in [-0.2, 0) is 6.54 Å². The van der Waals surface area contributed by atoms with Gasteiger partial charge in [-0.05, 0) is 17.7 Å². The fraction of sp³-hybridized carbons (Fsp3) is 0.462. The number of aliphatic hydroxyl groups is 1. The number of fused-ring (bicyclic) bond motifs is 1. The van der Waals surface area contributed by atoms with Crippen molar-refractivity contribution in [3.63, 3.8) is 0 Å². The van der Waals surface area contributed by atoms with Gasteiger partial charge in [0.25, 0.3) is 0 Å². The number of H-pyrrole nitrogens is 1. The molecule has 17 heavy (non-hydrogen) atoms. The Morgan fingerprint density at radius 1 is 1.41 bits per heavy atom. The zero-order chi connectivity index (χ0) is 12.3. The van der Waals surface area contributed by atoms with E-state index >= 15 is 0 Å². The fourth-order valence-electron chi connectivity index (χ4n) is 1.69. The van der Waals surface area contributed by atoms with Crippen LogP contribution in [0.5, 0.6) is 0 Å². The van der Waals surface area contributed by atoms with Crippen molar-refractivity contribution >= 4 is 11.0 Å². The second-order valence-corrected chi connectivity index (χ2v) is 5.18. The maximum Gasteiger partial charge on any atom is 0.0931 e. The Morgan fingerprint density at radius 2 is 2.24 bits per heavy atom. The van der Waals surface area contributed by atoms with Crippen LogP contribution in [0.2, 0.25) is 0 Å². The van der Waals surface area contributed by atoms with Gasteiger partial charge in [0.05, 0.1) is 17.4 Å². The minimum absolute atomic E-state index is 0.0713. The molecule has 2 aromatic rings. The maximum absolute atomic E-state index is 9.15. The lowest BCUT2D eigenvalue weighted by molar-refractivity contribution is 0.156. The number of rotatable bonds is 5. The zero-order valence-electron chi connectivity index (χ0n) is 10.3. The van der Waals surface area contributed by atoms with E-state index in [0.29, 0.717) is 0 Å². The number of aromatic nitrogens is 2. The summed E-state index contributed by atoms with van der Waals surface area (Å²) in [5.41, 5.74) is 3.20. The fourth-order valence-corrected chi connectivity index (χ4v) is 1.69. The minimum Gasteiger partial charge on any atom is -0.396 e. The normalized spacial score (nSPS) is 12.2. The molecule has 3 N–H and O–H groups in total. The first-order chi connectivity index (χ1) is 8.11. The summed E-state index contributed by atoms with van der Waals surface area (Å²) in [7, 11) is 0. The van der Waals surface area contributed by atoms with E-state index in [4.69, 9.17) is 5.11 Å². The van der Waals surface area contributed by atoms with Crippen LogP contribution in [0, 0.1) is 5.41 Å². The maximum atomic E-state index is 9.15. The Hall–Kier alpha value is -1.39. The number of imidazole rings is 1. The van der Waals surface area contributed by atoms with E-state index in [9.17, 15) is 0 Å². The molecule has 0 bridgehead atoms. The van der Waals surface area contributed by atoms with Crippen molar-refractivity contribution < 1.29 is 5.11 Å². The van der Waals surface area contributed by atoms with E-state index in [1.54, 1.807) is 6.33 Å². The highest BCUT2D eigenvalue weighted by molar-refractivity contribution is 5.74. The summed E-state index contributed by atoms with van der Waals surface area (Å²) < 4.78 is 0. The van der Waals surface area contributed by atoms with Gasteiger partial charge in [-0.1, -0.05) is 19.9 Å². The molecule has 0 fully saturated rings. The first-order valence-corrected chi connectivity index (χ1v) is 5.84. The average molecular weight is 233 g/mol. The SMILES string of the molecule is CC(C)(CO)CNCc1ccc2nc[nH]c2c1. The average Bonchev–Trinajstić information content (AvgIpc) is 2.76. The minimum atomic E-state index is -0.0713. The van der Waals surface area contributed by atoms with Crippen LogP contribution in [0.25, 0.3) is 11.0 Å². The number of nitrogens with one attached hydrogen (secondary N) is 2. The molecule has 1 aromatic carbocycles. The van der Waals surface area contributed by atoms with E-state index in [0.717, 1.165) is 24.1 Å². The summed E-state index contributed by atoms with van der Waals surface area (Å²) in [5, 5.41) is 12.5. The van der Waals surface area contributed by atoms with Crippen molar-refractivity contribution in [1.82, 2.24) is 15.3 Å². The van der Waals surface area contributed by atoms with Crippen LogP contribution in [0.1, 0.15) is 19.4 Å². The van der Waals surface area contributed by atoms with E-state index in [2.05, 4.69) is 27.4 Å². The van der Waals surface area contributed by atoms with Gasteiger partial charge in [0.1, 0.15) is 0 Å². The van der Waals surface area contributed by atoms with Crippen LogP contribution in [0.15, 0.2) is 24.5 Å². The third kappa shape index (κ3) is 3.05. The highest BCUT2D eigenvalue weighted by Gasteiger charge is 2.15. The van der Waals surface area contributed by atoms with Gasteiger partial charge in [-0.15, -0.1) is 0 Å². The summed E-state index contributed by atoms with van der Waals surface area (Å²) in [6.45, 7) is 5.87. The predicted octanol–water partition coefficient (Wildman–Crippen LogP) is 1.67. The van der Waals surface area contributed by atoms with E-state index < -0.39 is 0 Å². The van der Waals surface area contributed by atoms with Crippen LogP contribution in [0.4, 0.5) is 0 Å². The number of aliphatic hydroxyl groups excluding tert-OH is 1. The van der Waals surface area contributed by atoms with Crippen molar-refractivity contribution in [2.75, 3.05) is 13.2 Å². The highest BCUT2D eigenvalue weighted by Crippen LogP contribution is 2.13. The van der Waals surface area contributed by atoms with Gasteiger partial charge < -0.3 is 15.4 Å². The van der Waals surface area contributed by atoms with Gasteiger partial charge in [-0.25, -0.2) is 4.98 Å². The molecule has 0 unspecified atom stereocenters. The number of benzene rings is 1. The molecule has 0 amide bonds. The molecule has 0 atom stereocenters. The highest BCUT2D eigenvalue weighted by atomic mass is 16.3. The van der Waals surface area contributed by atoms with Gasteiger partial charge in [0.2, 0.25) is 0 Å². The summed E-state index contributed by atoms with van der Waals surface area (Å²) in [6.07, 6.45) is 1.71. The Kier molecular flexibility index (Phi) is 3.45. The Balaban J connectivity index is 1.95. The predicted molar refractivity (Wildman–Crippen MR) is 68.7 cm³/mol. The first kappa shape index (κ1) is 12.1. The summed E-state index contributed by atoms with van der Waals surface area (Å²) in [5.74, 6) is 0. The van der Waals surface area contributed by atoms with Gasteiger partial charge in [-0.2, -0.15) is 0 Å². The lowest BCUT2D eigenvalue weighted by Gasteiger charge is -2.21. The van der Waals surface area contributed by atoms with E-state index in [1.807, 2.05) is 19.9 Å². The molecular weight excluding hydrogens is 214 g/mol. The summed E-state index contributed by atoms with van der Waals surface area (Å²) in [4.78, 5) is 7.28. The van der Waals surface area contributed by atoms with Gasteiger partial charge in [0, 0.05) is 25.1 Å². The van der Waals surface area contributed by atoms with E-state index in [1.165, 1.54) is 5.56 Å². The largest absolute Gasteiger partial charge is 0.396 e. The van der Waals surface area contributed by atoms with Crippen LogP contribution >= 0.6 is 0 Å². The standard InChI is InChI=1S/C13H19N3O/c1-13(2,8-17)7-14-6-10-3-4-11-12(5-10)16-9-15-11/h3-5,9,14,17H,6-8H2,1-2H3,(H,15,16). The molecule has 92 valence electrons. The monoisotopic (exact) mass is 233 g/mol. The van der Waals surface area contributed by atoms with Crippen LogP contribution in [-0.4, -0.2) is 28.2 Å². The first-order valence-electron chi connectivity index (χ1n) is 5.84. The van der Waals surface area contributed by atoms with Crippen LogP contribution < -0.4 is 5.32 Å². The molecule has 0 saturated carbocycles. The van der Waals surface area contributed by atoms with Gasteiger partial charge >= 0.3 is 0 Å². The number of hydrogen-bond acceptors (Lipinski definition) is 3. The lowest BCUT2D eigenvalue weighted by Crippen LogP contribution is -2.31. The molecule has 0 aliphatic carbocycles. The Labute approximate surface area is 101 Å². The molecule has 0 radical (unpaired) electrons. The molecular formula is C13H19N3O. The smallest absolute Gasteiger partial charge is 0.0931 e. The van der Waals surface area contributed by atoms with Crippen LogP contribution in [0.3, 0.4) is 0 Å². The third-order valence-corrected chi connectivity index (χ3v) is 2.85. The molecule has 4 heteroatoms. The summed E-state index contributed by atoms with van der Waals surface area (Å²) in [6, 6.07) is 6.18. The topological polar surface area (TPSA) is 60.9 Å². The second kappa shape index (κ2) is 4.85. The quantitative estimate of drug-likeness (QED) is 0.736. The van der Waals surface area contributed by atoms with Gasteiger partial charge in [0.15, 0.2) is 0 Å². The molecule has 0 saturated heterocycles. The van der Waals surface area contributed by atoms with Crippen molar-refractivity contribution in [3.05, 3.63) is 30.1 Å². The number of aromatic amines is 1. The van der Waals surface area contributed by atoms with Crippen molar-refractivity contribution in [2.45, 2.75) is 20.4 Å². The van der Waals surface area contributed by atoms with Gasteiger partial charge in [-0.3, -0.25) is 0 Å². The Bertz CT molecular complexity index is 490. The van der Waals surface area contributed by atoms with Crippen molar-refractivity contribution in [1.29, 1.82) is 0 Å². The zero-order valence-corrected chi connectivity index (χ0v) is 10.3. The molecule has 0 spiro atoms. The second-order valence-electron chi connectivity index (χ2n) is 5.18. The molecule has 1 aromatic heterocycles. The molecule has 0 aliphatic rings. The summed E-state index contributed by atoms with van der Waals surface area (Å²) >= 11 is 0. The molecule has 4 nitrogen and oxygen atoms in total.